The summed E-state index contributed by atoms with van der Waals surface area (Å²) in [6.07, 6.45) is 2.70. The van der Waals surface area contributed by atoms with Crippen LogP contribution in [0.3, 0.4) is 0 Å². The van der Waals surface area contributed by atoms with Crippen LogP contribution in [0.4, 0.5) is 0 Å². The first-order valence-electron chi connectivity index (χ1n) is 9.28. The van der Waals surface area contributed by atoms with E-state index in [4.69, 9.17) is 24.3 Å². The monoisotopic (exact) mass is 411 g/mol. The molecule has 152 valence electrons. The van der Waals surface area contributed by atoms with Crippen LogP contribution in [0.1, 0.15) is 12.0 Å². The number of hydrogen-bond acceptors (Lipinski definition) is 6. The first kappa shape index (κ1) is 20.8. The van der Waals surface area contributed by atoms with E-state index >= 15 is 0 Å². The van der Waals surface area contributed by atoms with Gasteiger partial charge in [0.15, 0.2) is 0 Å². The lowest BCUT2D eigenvalue weighted by molar-refractivity contribution is 0.196. The molecule has 0 aliphatic rings. The Balaban J connectivity index is 1.95. The zero-order valence-corrected chi connectivity index (χ0v) is 17.7. The lowest BCUT2D eigenvalue weighted by Gasteiger charge is -2.05. The molecule has 0 saturated heterocycles. The van der Waals surface area contributed by atoms with E-state index in [9.17, 15) is 0 Å². The quantitative estimate of drug-likeness (QED) is 0.394. The fraction of sp³-hybridized carbons (Fsp3) is 0.273. The van der Waals surface area contributed by atoms with Gasteiger partial charge in [-0.25, -0.2) is 4.68 Å². The Morgan fingerprint density at radius 2 is 1.59 bits per heavy atom. The molecule has 1 aromatic heterocycles. The molecule has 1 heterocycles. The molecule has 3 rings (SSSR count). The van der Waals surface area contributed by atoms with Crippen molar-refractivity contribution in [1.29, 1.82) is 0 Å². The minimum atomic E-state index is 0.689. The number of ether oxygens (including phenoxy) is 3. The maximum Gasteiger partial charge on any atom is 0.206 e. The largest absolute Gasteiger partial charge is 0.497 e. The van der Waals surface area contributed by atoms with Gasteiger partial charge in [-0.3, -0.25) is 4.99 Å². The fourth-order valence-corrected chi connectivity index (χ4v) is 3.54. The molecule has 0 radical (unpaired) electrons. The van der Waals surface area contributed by atoms with E-state index in [1.54, 1.807) is 32.7 Å². The molecule has 6 nitrogen and oxygen atoms in total. The number of hydrogen-bond donors (Lipinski definition) is 0. The van der Waals surface area contributed by atoms with Crippen LogP contribution in [-0.4, -0.2) is 45.4 Å². The molecule has 0 unspecified atom stereocenters. The third-order valence-electron chi connectivity index (χ3n) is 4.26. The third-order valence-corrected chi connectivity index (χ3v) is 5.12. The van der Waals surface area contributed by atoms with E-state index in [1.165, 1.54) is 0 Å². The van der Waals surface area contributed by atoms with E-state index in [0.29, 0.717) is 13.2 Å². The molecule has 0 fully saturated rings. The van der Waals surface area contributed by atoms with Gasteiger partial charge < -0.3 is 14.2 Å². The van der Waals surface area contributed by atoms with Crippen LogP contribution in [0.15, 0.2) is 64.0 Å². The van der Waals surface area contributed by atoms with Crippen LogP contribution in [-0.2, 0) is 4.74 Å². The summed E-state index contributed by atoms with van der Waals surface area (Å²) in [5, 5.41) is 6.79. The van der Waals surface area contributed by atoms with Crippen molar-refractivity contribution in [3.05, 3.63) is 64.3 Å². The second-order valence-electron chi connectivity index (χ2n) is 6.19. The maximum absolute atomic E-state index is 5.27. The second-order valence-corrected chi connectivity index (χ2v) is 7.03. The molecule has 0 atom stereocenters. The first-order valence-corrected chi connectivity index (χ1v) is 10.2. The molecule has 0 aliphatic heterocycles. The Kier molecular flexibility index (Phi) is 7.61. The number of thiazole rings is 1. The van der Waals surface area contributed by atoms with Crippen LogP contribution >= 0.6 is 11.3 Å². The summed E-state index contributed by atoms with van der Waals surface area (Å²) in [5.74, 6) is 1.64. The van der Waals surface area contributed by atoms with Gasteiger partial charge in [0.2, 0.25) is 4.80 Å². The number of methoxy groups -OCH3 is 3. The van der Waals surface area contributed by atoms with Crippen LogP contribution in [0.25, 0.3) is 11.3 Å². The molecular formula is C22H25N3O3S. The topological polar surface area (TPSA) is 57.3 Å². The SMILES string of the molecule is COCCCN=c1scc(-c2ccc(OC)cc2)n1/N=C/c1ccc(OC)cc1. The van der Waals surface area contributed by atoms with Crippen molar-refractivity contribution in [3.63, 3.8) is 0 Å². The summed E-state index contributed by atoms with van der Waals surface area (Å²) >= 11 is 1.57. The maximum atomic E-state index is 5.27. The van der Waals surface area contributed by atoms with Crippen LogP contribution < -0.4 is 14.3 Å². The molecule has 0 bridgehead atoms. The van der Waals surface area contributed by atoms with Crippen molar-refractivity contribution in [3.8, 4) is 22.8 Å². The van der Waals surface area contributed by atoms with Crippen molar-refractivity contribution in [2.24, 2.45) is 10.1 Å². The summed E-state index contributed by atoms with van der Waals surface area (Å²) in [6.45, 7) is 1.38. The summed E-state index contributed by atoms with van der Waals surface area (Å²) in [7, 11) is 5.02. The van der Waals surface area contributed by atoms with Crippen molar-refractivity contribution in [2.45, 2.75) is 6.42 Å². The van der Waals surface area contributed by atoms with Crippen LogP contribution in [0.5, 0.6) is 11.5 Å². The van der Waals surface area contributed by atoms with Gasteiger partial charge in [0.1, 0.15) is 11.5 Å². The van der Waals surface area contributed by atoms with Crippen molar-refractivity contribution in [1.82, 2.24) is 4.68 Å². The Labute approximate surface area is 174 Å². The van der Waals surface area contributed by atoms with Gasteiger partial charge in [0.25, 0.3) is 0 Å². The zero-order valence-electron chi connectivity index (χ0n) is 16.9. The predicted octanol–water partition coefficient (Wildman–Crippen LogP) is 4.05. The molecule has 0 N–H and O–H groups in total. The summed E-state index contributed by atoms with van der Waals surface area (Å²) in [4.78, 5) is 5.55. The Bertz CT molecular complexity index is 989. The summed E-state index contributed by atoms with van der Waals surface area (Å²) < 4.78 is 17.5. The number of benzene rings is 2. The molecule has 7 heteroatoms. The number of rotatable bonds is 9. The van der Waals surface area contributed by atoms with Gasteiger partial charge in [-0.05, 0) is 60.5 Å². The van der Waals surface area contributed by atoms with E-state index in [0.717, 1.165) is 39.5 Å². The minimum absolute atomic E-state index is 0.689. The fourth-order valence-electron chi connectivity index (χ4n) is 2.68. The van der Waals surface area contributed by atoms with Crippen molar-refractivity contribution >= 4 is 17.6 Å². The highest BCUT2D eigenvalue weighted by molar-refractivity contribution is 7.07. The minimum Gasteiger partial charge on any atom is -0.497 e. The Morgan fingerprint density at radius 1 is 0.931 bits per heavy atom. The van der Waals surface area contributed by atoms with Gasteiger partial charge in [-0.1, -0.05) is 0 Å². The molecule has 2 aromatic carbocycles. The number of nitrogens with zero attached hydrogens (tertiary/aromatic N) is 3. The average Bonchev–Trinajstić information content (AvgIpc) is 3.18. The summed E-state index contributed by atoms with van der Waals surface area (Å²) in [6, 6.07) is 15.7. The van der Waals surface area contributed by atoms with E-state index in [1.807, 2.05) is 59.4 Å². The Hall–Kier alpha value is -2.90. The summed E-state index contributed by atoms with van der Waals surface area (Å²) in [5.41, 5.74) is 3.01. The normalized spacial score (nSPS) is 11.9. The highest BCUT2D eigenvalue weighted by Crippen LogP contribution is 2.23. The van der Waals surface area contributed by atoms with Crippen molar-refractivity contribution in [2.75, 3.05) is 34.5 Å². The van der Waals surface area contributed by atoms with E-state index in [-0.39, 0.29) is 0 Å². The van der Waals surface area contributed by atoms with E-state index in [2.05, 4.69) is 5.38 Å². The molecule has 0 saturated carbocycles. The highest BCUT2D eigenvalue weighted by atomic mass is 32.1. The lowest BCUT2D eigenvalue weighted by atomic mass is 10.2. The third kappa shape index (κ3) is 5.56. The lowest BCUT2D eigenvalue weighted by Crippen LogP contribution is -2.13. The van der Waals surface area contributed by atoms with Gasteiger partial charge in [0.05, 0.1) is 26.1 Å². The molecule has 0 aliphatic carbocycles. The standard InChI is InChI=1S/C22H25N3O3S/c1-26-14-4-13-23-22-25(24-15-17-5-9-19(27-2)10-6-17)21(16-29-22)18-7-11-20(28-3)12-8-18/h5-12,15-16H,4,13-14H2,1-3H3/b23-22?,24-15+. The van der Waals surface area contributed by atoms with Gasteiger partial charge >= 0.3 is 0 Å². The van der Waals surface area contributed by atoms with Gasteiger partial charge in [0, 0.05) is 31.2 Å². The molecular weight excluding hydrogens is 386 g/mol. The predicted molar refractivity (Wildman–Crippen MR) is 117 cm³/mol. The zero-order chi connectivity index (χ0) is 20.5. The average molecular weight is 412 g/mol. The molecule has 29 heavy (non-hydrogen) atoms. The smallest absolute Gasteiger partial charge is 0.206 e. The first-order chi connectivity index (χ1) is 14.2. The van der Waals surface area contributed by atoms with Crippen LogP contribution in [0.2, 0.25) is 0 Å². The molecule has 3 aromatic rings. The van der Waals surface area contributed by atoms with Gasteiger partial charge in [-0.2, -0.15) is 5.10 Å². The van der Waals surface area contributed by atoms with E-state index < -0.39 is 0 Å². The van der Waals surface area contributed by atoms with Crippen LogP contribution in [0, 0.1) is 0 Å². The highest BCUT2D eigenvalue weighted by Gasteiger charge is 2.08. The molecule has 0 amide bonds. The Morgan fingerprint density at radius 3 is 2.21 bits per heavy atom. The van der Waals surface area contributed by atoms with Crippen molar-refractivity contribution < 1.29 is 14.2 Å². The molecule has 0 spiro atoms. The second kappa shape index (κ2) is 10.6. The van der Waals surface area contributed by atoms with Gasteiger partial charge in [-0.15, -0.1) is 11.3 Å². The number of aromatic nitrogens is 1.